The summed E-state index contributed by atoms with van der Waals surface area (Å²) >= 11 is 0. The SMILES string of the molecule is COc1cc(-c2ccco2)nc(C2CCCNC2)n1. The lowest BCUT2D eigenvalue weighted by molar-refractivity contribution is 0.386. The lowest BCUT2D eigenvalue weighted by Gasteiger charge is -2.21. The smallest absolute Gasteiger partial charge is 0.217 e. The van der Waals surface area contributed by atoms with E-state index in [-0.39, 0.29) is 0 Å². The molecule has 1 fully saturated rings. The molecule has 1 unspecified atom stereocenters. The number of nitrogens with zero attached hydrogens (tertiary/aromatic N) is 2. The molecule has 1 aliphatic heterocycles. The lowest BCUT2D eigenvalue weighted by atomic mass is 9.99. The van der Waals surface area contributed by atoms with Crippen LogP contribution in [0.2, 0.25) is 0 Å². The van der Waals surface area contributed by atoms with E-state index in [0.29, 0.717) is 11.8 Å². The monoisotopic (exact) mass is 259 g/mol. The van der Waals surface area contributed by atoms with Crippen molar-refractivity contribution in [2.24, 2.45) is 0 Å². The Labute approximate surface area is 112 Å². The first kappa shape index (κ1) is 12.2. The van der Waals surface area contributed by atoms with Crippen LogP contribution in [0, 0.1) is 0 Å². The molecule has 0 bridgehead atoms. The molecule has 2 aromatic rings. The number of hydrogen-bond acceptors (Lipinski definition) is 5. The predicted molar refractivity (Wildman–Crippen MR) is 71.1 cm³/mol. The molecule has 0 aromatic carbocycles. The van der Waals surface area contributed by atoms with E-state index in [1.165, 1.54) is 0 Å². The third-order valence-electron chi connectivity index (χ3n) is 3.36. The maximum absolute atomic E-state index is 5.40. The number of nitrogens with one attached hydrogen (secondary N) is 1. The zero-order chi connectivity index (χ0) is 13.1. The molecule has 5 heteroatoms. The van der Waals surface area contributed by atoms with Crippen molar-refractivity contribution in [2.45, 2.75) is 18.8 Å². The molecule has 0 radical (unpaired) electrons. The Morgan fingerprint density at radius 1 is 1.42 bits per heavy atom. The van der Waals surface area contributed by atoms with E-state index in [1.54, 1.807) is 19.4 Å². The minimum absolute atomic E-state index is 0.345. The van der Waals surface area contributed by atoms with E-state index in [2.05, 4.69) is 15.3 Å². The Morgan fingerprint density at radius 2 is 2.37 bits per heavy atom. The van der Waals surface area contributed by atoms with Crippen LogP contribution in [0.3, 0.4) is 0 Å². The van der Waals surface area contributed by atoms with E-state index in [1.807, 2.05) is 12.1 Å². The normalized spacial score (nSPS) is 19.3. The highest BCUT2D eigenvalue weighted by Crippen LogP contribution is 2.26. The number of furan rings is 1. The number of piperidine rings is 1. The molecule has 3 rings (SSSR count). The van der Waals surface area contributed by atoms with Crippen molar-refractivity contribution in [2.75, 3.05) is 20.2 Å². The number of rotatable bonds is 3. The number of methoxy groups -OCH3 is 1. The summed E-state index contributed by atoms with van der Waals surface area (Å²) in [7, 11) is 1.62. The summed E-state index contributed by atoms with van der Waals surface area (Å²) in [6.45, 7) is 2.00. The van der Waals surface area contributed by atoms with Gasteiger partial charge in [0.1, 0.15) is 11.5 Å². The van der Waals surface area contributed by atoms with Gasteiger partial charge >= 0.3 is 0 Å². The zero-order valence-corrected chi connectivity index (χ0v) is 10.9. The summed E-state index contributed by atoms with van der Waals surface area (Å²) in [4.78, 5) is 9.09. The molecular weight excluding hydrogens is 242 g/mol. The summed E-state index contributed by atoms with van der Waals surface area (Å²) < 4.78 is 10.7. The third kappa shape index (κ3) is 2.61. The van der Waals surface area contributed by atoms with Gasteiger partial charge < -0.3 is 14.5 Å². The highest BCUT2D eigenvalue weighted by Gasteiger charge is 2.20. The van der Waals surface area contributed by atoms with Gasteiger partial charge in [-0.25, -0.2) is 4.98 Å². The van der Waals surface area contributed by atoms with Gasteiger partial charge in [0.25, 0.3) is 0 Å². The second kappa shape index (κ2) is 5.40. The van der Waals surface area contributed by atoms with Crippen molar-refractivity contribution in [3.05, 3.63) is 30.3 Å². The van der Waals surface area contributed by atoms with Crippen LogP contribution in [0.1, 0.15) is 24.6 Å². The molecule has 100 valence electrons. The third-order valence-corrected chi connectivity index (χ3v) is 3.36. The highest BCUT2D eigenvalue weighted by molar-refractivity contribution is 5.53. The van der Waals surface area contributed by atoms with Crippen LogP contribution in [-0.4, -0.2) is 30.2 Å². The summed E-state index contributed by atoms with van der Waals surface area (Å²) in [6.07, 6.45) is 3.91. The van der Waals surface area contributed by atoms with Crippen molar-refractivity contribution in [3.63, 3.8) is 0 Å². The van der Waals surface area contributed by atoms with E-state index in [9.17, 15) is 0 Å². The van der Waals surface area contributed by atoms with Gasteiger partial charge in [0.15, 0.2) is 5.76 Å². The molecule has 0 amide bonds. The van der Waals surface area contributed by atoms with E-state index < -0.39 is 0 Å². The van der Waals surface area contributed by atoms with Gasteiger partial charge in [-0.3, -0.25) is 0 Å². The molecule has 5 nitrogen and oxygen atoms in total. The molecule has 19 heavy (non-hydrogen) atoms. The van der Waals surface area contributed by atoms with Gasteiger partial charge in [-0.05, 0) is 31.5 Å². The Bertz CT molecular complexity index is 534. The first-order chi connectivity index (χ1) is 9.36. The van der Waals surface area contributed by atoms with Crippen LogP contribution < -0.4 is 10.1 Å². The number of aromatic nitrogens is 2. The second-order valence-corrected chi connectivity index (χ2v) is 4.67. The van der Waals surface area contributed by atoms with Gasteiger partial charge in [-0.15, -0.1) is 0 Å². The fraction of sp³-hybridized carbons (Fsp3) is 0.429. The van der Waals surface area contributed by atoms with Crippen LogP contribution in [0.25, 0.3) is 11.5 Å². The molecule has 1 atom stereocenters. The topological polar surface area (TPSA) is 60.2 Å². The molecule has 1 N–H and O–H groups in total. The maximum atomic E-state index is 5.40. The Morgan fingerprint density at radius 3 is 3.05 bits per heavy atom. The van der Waals surface area contributed by atoms with E-state index in [0.717, 1.165) is 43.2 Å². The first-order valence-electron chi connectivity index (χ1n) is 6.54. The minimum atomic E-state index is 0.345. The fourth-order valence-corrected chi connectivity index (χ4v) is 2.35. The van der Waals surface area contributed by atoms with Gasteiger partial charge in [0, 0.05) is 18.5 Å². The molecule has 2 aromatic heterocycles. The van der Waals surface area contributed by atoms with Crippen molar-refractivity contribution in [1.29, 1.82) is 0 Å². The zero-order valence-electron chi connectivity index (χ0n) is 10.9. The van der Waals surface area contributed by atoms with Crippen molar-refractivity contribution < 1.29 is 9.15 Å². The largest absolute Gasteiger partial charge is 0.481 e. The molecule has 1 saturated heterocycles. The lowest BCUT2D eigenvalue weighted by Crippen LogP contribution is -2.29. The van der Waals surface area contributed by atoms with Crippen molar-refractivity contribution in [3.8, 4) is 17.3 Å². The quantitative estimate of drug-likeness (QED) is 0.915. The molecule has 0 aliphatic carbocycles. The van der Waals surface area contributed by atoms with Gasteiger partial charge in [0.2, 0.25) is 5.88 Å². The van der Waals surface area contributed by atoms with Crippen LogP contribution in [0.5, 0.6) is 5.88 Å². The Hall–Kier alpha value is -1.88. The van der Waals surface area contributed by atoms with Crippen molar-refractivity contribution >= 4 is 0 Å². The van der Waals surface area contributed by atoms with Gasteiger partial charge in [-0.2, -0.15) is 4.98 Å². The predicted octanol–water partition coefficient (Wildman–Crippen LogP) is 2.21. The van der Waals surface area contributed by atoms with E-state index >= 15 is 0 Å². The number of hydrogen-bond donors (Lipinski definition) is 1. The molecule has 1 aliphatic rings. The summed E-state index contributed by atoms with van der Waals surface area (Å²) in [5.41, 5.74) is 0.775. The van der Waals surface area contributed by atoms with Crippen LogP contribution in [0.4, 0.5) is 0 Å². The fourth-order valence-electron chi connectivity index (χ4n) is 2.35. The Kier molecular flexibility index (Phi) is 3.46. The van der Waals surface area contributed by atoms with Crippen LogP contribution in [0.15, 0.2) is 28.9 Å². The van der Waals surface area contributed by atoms with E-state index in [4.69, 9.17) is 9.15 Å². The molecular formula is C14H17N3O2. The average Bonchev–Trinajstić information content (AvgIpc) is 3.02. The van der Waals surface area contributed by atoms with Crippen molar-refractivity contribution in [1.82, 2.24) is 15.3 Å². The highest BCUT2D eigenvalue weighted by atomic mass is 16.5. The summed E-state index contributed by atoms with van der Waals surface area (Å²) in [5, 5.41) is 3.38. The Balaban J connectivity index is 1.97. The minimum Gasteiger partial charge on any atom is -0.481 e. The summed E-state index contributed by atoms with van der Waals surface area (Å²) in [6, 6.07) is 5.55. The van der Waals surface area contributed by atoms with Gasteiger partial charge in [-0.1, -0.05) is 0 Å². The summed E-state index contributed by atoms with van der Waals surface area (Å²) in [5.74, 6) is 2.50. The molecule has 3 heterocycles. The van der Waals surface area contributed by atoms with Crippen LogP contribution in [-0.2, 0) is 0 Å². The second-order valence-electron chi connectivity index (χ2n) is 4.67. The standard InChI is InChI=1S/C14H17N3O2/c1-18-13-8-11(12-5-3-7-19-12)16-14(17-13)10-4-2-6-15-9-10/h3,5,7-8,10,15H,2,4,6,9H2,1H3. The first-order valence-corrected chi connectivity index (χ1v) is 6.54. The molecule has 0 spiro atoms. The number of ether oxygens (including phenoxy) is 1. The molecule has 0 saturated carbocycles. The van der Waals surface area contributed by atoms with Gasteiger partial charge in [0.05, 0.1) is 13.4 Å². The average molecular weight is 259 g/mol. The maximum Gasteiger partial charge on any atom is 0.217 e. The van der Waals surface area contributed by atoms with Crippen LogP contribution >= 0.6 is 0 Å².